The van der Waals surface area contributed by atoms with E-state index in [1.54, 1.807) is 0 Å². The van der Waals surface area contributed by atoms with E-state index in [4.69, 9.17) is 0 Å². The summed E-state index contributed by atoms with van der Waals surface area (Å²) in [5.74, 6) is 0.731. The first-order valence-electron chi connectivity index (χ1n) is 5.61. The number of alkyl halides is 1. The largest absolute Gasteiger partial charge is 0.312 e. The summed E-state index contributed by atoms with van der Waals surface area (Å²) < 4.78 is 11.8. The quantitative estimate of drug-likeness (QED) is 0.757. The minimum absolute atomic E-state index is 0.233. The third-order valence-electron chi connectivity index (χ3n) is 2.81. The highest BCUT2D eigenvalue weighted by Crippen LogP contribution is 2.38. The van der Waals surface area contributed by atoms with Gasteiger partial charge in [-0.1, -0.05) is 6.42 Å². The minimum atomic E-state index is -0.233. The molecule has 0 atom stereocenters. The van der Waals surface area contributed by atoms with E-state index in [9.17, 15) is 4.39 Å². The Hall–Kier alpha value is -0.480. The van der Waals surface area contributed by atoms with Crippen molar-refractivity contribution in [2.75, 3.05) is 13.2 Å². The van der Waals surface area contributed by atoms with Crippen molar-refractivity contribution < 1.29 is 4.39 Å². The second-order valence-electron chi connectivity index (χ2n) is 4.01. The normalized spacial score (nSPS) is 16.6. The van der Waals surface area contributed by atoms with Gasteiger partial charge in [-0.15, -0.1) is 11.3 Å². The van der Waals surface area contributed by atoms with E-state index < -0.39 is 0 Å². The molecule has 0 aromatic carbocycles. The summed E-state index contributed by atoms with van der Waals surface area (Å²) >= 11 is 1.81. The lowest BCUT2D eigenvalue weighted by Crippen LogP contribution is -2.14. The number of halogens is 1. The van der Waals surface area contributed by atoms with Crippen molar-refractivity contribution >= 4 is 11.3 Å². The maximum atomic E-state index is 11.8. The molecule has 4 heteroatoms. The average Bonchev–Trinajstić information content (AvgIpc) is 2.58. The molecule has 0 saturated heterocycles. The van der Waals surface area contributed by atoms with Crippen LogP contribution in [0.3, 0.4) is 0 Å². The number of hydrogen-bond donors (Lipinski definition) is 1. The van der Waals surface area contributed by atoms with E-state index in [-0.39, 0.29) is 6.67 Å². The molecule has 0 unspecified atom stereocenters. The second kappa shape index (κ2) is 5.56. The SMILES string of the molecule is FCCCNCc1cnc(C2CCC2)s1. The molecule has 0 amide bonds. The van der Waals surface area contributed by atoms with Crippen molar-refractivity contribution in [2.24, 2.45) is 0 Å². The van der Waals surface area contributed by atoms with Gasteiger partial charge < -0.3 is 5.32 Å². The molecule has 15 heavy (non-hydrogen) atoms. The Bertz CT molecular complexity index is 297. The van der Waals surface area contributed by atoms with Crippen LogP contribution in [0.25, 0.3) is 0 Å². The summed E-state index contributed by atoms with van der Waals surface area (Å²) in [5, 5.41) is 4.52. The summed E-state index contributed by atoms with van der Waals surface area (Å²) in [6.45, 7) is 1.36. The molecule has 2 nitrogen and oxygen atoms in total. The van der Waals surface area contributed by atoms with Crippen LogP contribution in [0.1, 0.15) is 41.5 Å². The molecular weight excluding hydrogens is 211 g/mol. The topological polar surface area (TPSA) is 24.9 Å². The number of hydrogen-bond acceptors (Lipinski definition) is 3. The van der Waals surface area contributed by atoms with Crippen LogP contribution < -0.4 is 5.32 Å². The highest BCUT2D eigenvalue weighted by atomic mass is 32.1. The van der Waals surface area contributed by atoms with Crippen molar-refractivity contribution in [2.45, 2.75) is 38.1 Å². The summed E-state index contributed by atoms with van der Waals surface area (Å²) in [5.41, 5.74) is 0. The highest BCUT2D eigenvalue weighted by molar-refractivity contribution is 7.11. The molecule has 1 N–H and O–H groups in total. The lowest BCUT2D eigenvalue weighted by Gasteiger charge is -2.22. The monoisotopic (exact) mass is 228 g/mol. The standard InChI is InChI=1S/C11H17FN2S/c12-5-2-6-13-7-10-8-14-11(15-10)9-3-1-4-9/h8-9,13H,1-7H2. The van der Waals surface area contributed by atoms with E-state index in [1.807, 2.05) is 17.5 Å². The Morgan fingerprint density at radius 3 is 3.07 bits per heavy atom. The van der Waals surface area contributed by atoms with E-state index in [0.29, 0.717) is 6.42 Å². The van der Waals surface area contributed by atoms with Gasteiger partial charge in [0, 0.05) is 23.5 Å². The minimum Gasteiger partial charge on any atom is -0.312 e. The van der Waals surface area contributed by atoms with Crippen molar-refractivity contribution in [3.05, 3.63) is 16.1 Å². The summed E-state index contributed by atoms with van der Waals surface area (Å²) in [7, 11) is 0. The van der Waals surface area contributed by atoms with Gasteiger partial charge in [-0.2, -0.15) is 0 Å². The maximum Gasteiger partial charge on any atom is 0.0959 e. The maximum absolute atomic E-state index is 11.8. The summed E-state index contributed by atoms with van der Waals surface area (Å²) in [4.78, 5) is 5.72. The fourth-order valence-electron chi connectivity index (χ4n) is 1.65. The zero-order valence-electron chi connectivity index (χ0n) is 8.84. The van der Waals surface area contributed by atoms with Gasteiger partial charge in [0.1, 0.15) is 0 Å². The fourth-order valence-corrected chi connectivity index (χ4v) is 2.71. The molecule has 1 aliphatic carbocycles. The molecular formula is C11H17FN2S. The average molecular weight is 228 g/mol. The van der Waals surface area contributed by atoms with Crippen LogP contribution in [0.5, 0.6) is 0 Å². The van der Waals surface area contributed by atoms with Gasteiger partial charge in [0.25, 0.3) is 0 Å². The lowest BCUT2D eigenvalue weighted by molar-refractivity contribution is 0.418. The molecule has 84 valence electrons. The molecule has 1 aliphatic rings. The summed E-state index contributed by atoms with van der Waals surface area (Å²) in [6, 6.07) is 0. The van der Waals surface area contributed by atoms with E-state index in [0.717, 1.165) is 19.0 Å². The Labute approximate surface area is 93.9 Å². The highest BCUT2D eigenvalue weighted by Gasteiger charge is 2.22. The van der Waals surface area contributed by atoms with Crippen LogP contribution in [-0.4, -0.2) is 18.2 Å². The smallest absolute Gasteiger partial charge is 0.0959 e. The van der Waals surface area contributed by atoms with E-state index >= 15 is 0 Å². The van der Waals surface area contributed by atoms with Gasteiger partial charge in [0.05, 0.1) is 11.7 Å². The third kappa shape index (κ3) is 2.98. The predicted octanol–water partition coefficient (Wildman–Crippen LogP) is 2.86. The molecule has 0 spiro atoms. The number of thiazole rings is 1. The molecule has 1 saturated carbocycles. The molecule has 0 bridgehead atoms. The molecule has 2 rings (SSSR count). The zero-order chi connectivity index (χ0) is 10.5. The first kappa shape index (κ1) is 11.0. The van der Waals surface area contributed by atoms with Crippen LogP contribution in [0.2, 0.25) is 0 Å². The predicted molar refractivity (Wildman–Crippen MR) is 61.0 cm³/mol. The Morgan fingerprint density at radius 1 is 1.53 bits per heavy atom. The molecule has 1 aromatic heterocycles. The first-order chi connectivity index (χ1) is 7.40. The van der Waals surface area contributed by atoms with Crippen molar-refractivity contribution in [1.82, 2.24) is 10.3 Å². The van der Waals surface area contributed by atoms with Gasteiger partial charge >= 0.3 is 0 Å². The van der Waals surface area contributed by atoms with Crippen LogP contribution >= 0.6 is 11.3 Å². The molecule has 0 radical (unpaired) electrons. The number of rotatable bonds is 6. The second-order valence-corrected chi connectivity index (χ2v) is 5.16. The Kier molecular flexibility index (Phi) is 4.09. The Balaban J connectivity index is 1.74. The van der Waals surface area contributed by atoms with Crippen molar-refractivity contribution in [3.8, 4) is 0 Å². The van der Waals surface area contributed by atoms with Gasteiger partial charge in [0.2, 0.25) is 0 Å². The van der Waals surface area contributed by atoms with Crippen LogP contribution in [0.4, 0.5) is 4.39 Å². The van der Waals surface area contributed by atoms with Gasteiger partial charge in [0.15, 0.2) is 0 Å². The van der Waals surface area contributed by atoms with E-state index in [1.165, 1.54) is 29.1 Å². The first-order valence-corrected chi connectivity index (χ1v) is 6.43. The molecule has 1 aromatic rings. The van der Waals surface area contributed by atoms with Gasteiger partial charge in [-0.3, -0.25) is 4.39 Å². The molecule has 1 fully saturated rings. The lowest BCUT2D eigenvalue weighted by atomic mass is 9.86. The zero-order valence-corrected chi connectivity index (χ0v) is 9.65. The van der Waals surface area contributed by atoms with Crippen molar-refractivity contribution in [3.63, 3.8) is 0 Å². The van der Waals surface area contributed by atoms with Crippen LogP contribution in [0.15, 0.2) is 6.20 Å². The number of nitrogens with zero attached hydrogens (tertiary/aromatic N) is 1. The van der Waals surface area contributed by atoms with Gasteiger partial charge in [-0.05, 0) is 25.8 Å². The molecule has 0 aliphatic heterocycles. The van der Waals surface area contributed by atoms with E-state index in [2.05, 4.69) is 10.3 Å². The third-order valence-corrected chi connectivity index (χ3v) is 3.97. The van der Waals surface area contributed by atoms with Crippen LogP contribution in [0, 0.1) is 0 Å². The van der Waals surface area contributed by atoms with Gasteiger partial charge in [-0.25, -0.2) is 4.98 Å². The fraction of sp³-hybridized carbons (Fsp3) is 0.727. The number of nitrogens with one attached hydrogen (secondary N) is 1. The molecule has 1 heterocycles. The number of aromatic nitrogens is 1. The van der Waals surface area contributed by atoms with Crippen LogP contribution in [-0.2, 0) is 6.54 Å². The van der Waals surface area contributed by atoms with Crippen molar-refractivity contribution in [1.29, 1.82) is 0 Å². The Morgan fingerprint density at radius 2 is 2.40 bits per heavy atom. The summed E-state index contributed by atoms with van der Waals surface area (Å²) in [6.07, 6.45) is 6.54.